The zero-order chi connectivity index (χ0) is 11.4. The monoisotopic (exact) mass is 224 g/mol. The molecule has 1 amide bonds. The van der Waals surface area contributed by atoms with Crippen LogP contribution in [0.3, 0.4) is 0 Å². The number of hydrogen-bond acceptors (Lipinski definition) is 2. The van der Waals surface area contributed by atoms with Gasteiger partial charge >= 0.3 is 0 Å². The molecule has 0 aliphatic heterocycles. The molecule has 92 valence electrons. The first-order valence-corrected chi connectivity index (χ1v) is 6.68. The molecule has 0 heterocycles. The van der Waals surface area contributed by atoms with Crippen LogP contribution in [0.5, 0.6) is 0 Å². The van der Waals surface area contributed by atoms with Gasteiger partial charge in [-0.05, 0) is 31.1 Å². The van der Waals surface area contributed by atoms with E-state index in [9.17, 15) is 4.79 Å². The predicted molar refractivity (Wildman–Crippen MR) is 65.2 cm³/mol. The highest BCUT2D eigenvalue weighted by atomic mass is 16.2. The average Bonchev–Trinajstić information content (AvgIpc) is 3.02. The minimum atomic E-state index is 0.168. The van der Waals surface area contributed by atoms with E-state index in [4.69, 9.17) is 0 Å². The summed E-state index contributed by atoms with van der Waals surface area (Å²) in [4.78, 5) is 11.5. The van der Waals surface area contributed by atoms with Gasteiger partial charge in [0, 0.05) is 12.6 Å². The molecule has 0 saturated heterocycles. The van der Waals surface area contributed by atoms with Crippen LogP contribution in [-0.2, 0) is 4.79 Å². The molecule has 3 heteroatoms. The Balaban J connectivity index is 1.60. The van der Waals surface area contributed by atoms with Gasteiger partial charge in [0.15, 0.2) is 0 Å². The third kappa shape index (κ3) is 3.78. The van der Waals surface area contributed by atoms with Crippen LogP contribution in [-0.4, -0.2) is 25.0 Å². The summed E-state index contributed by atoms with van der Waals surface area (Å²) in [5.74, 6) is 0.168. The Kier molecular flexibility index (Phi) is 3.85. The molecule has 3 nitrogen and oxygen atoms in total. The van der Waals surface area contributed by atoms with Gasteiger partial charge in [-0.15, -0.1) is 0 Å². The molecule has 0 radical (unpaired) electrons. The van der Waals surface area contributed by atoms with Crippen molar-refractivity contribution in [1.82, 2.24) is 10.6 Å². The smallest absolute Gasteiger partial charge is 0.234 e. The Labute approximate surface area is 98.4 Å². The van der Waals surface area contributed by atoms with Gasteiger partial charge < -0.3 is 10.6 Å². The van der Waals surface area contributed by atoms with Gasteiger partial charge in [-0.2, -0.15) is 0 Å². The average molecular weight is 224 g/mol. The number of carbonyl (C=O) groups is 1. The van der Waals surface area contributed by atoms with Crippen LogP contribution in [0.4, 0.5) is 0 Å². The van der Waals surface area contributed by atoms with Crippen LogP contribution in [0.2, 0.25) is 0 Å². The normalized spacial score (nSPS) is 24.1. The van der Waals surface area contributed by atoms with E-state index in [-0.39, 0.29) is 5.91 Å². The largest absolute Gasteiger partial charge is 0.352 e. The van der Waals surface area contributed by atoms with Crippen molar-refractivity contribution in [2.75, 3.05) is 13.1 Å². The maximum atomic E-state index is 11.5. The summed E-state index contributed by atoms with van der Waals surface area (Å²) in [5, 5.41) is 6.32. The molecule has 2 N–H and O–H groups in total. The number of hydrogen-bond donors (Lipinski definition) is 2. The van der Waals surface area contributed by atoms with E-state index in [0.29, 0.717) is 18.0 Å². The van der Waals surface area contributed by atoms with Crippen LogP contribution >= 0.6 is 0 Å². The molecule has 0 bridgehead atoms. The van der Waals surface area contributed by atoms with Gasteiger partial charge in [0.2, 0.25) is 5.91 Å². The fourth-order valence-corrected chi connectivity index (χ4v) is 2.57. The second-order valence-corrected chi connectivity index (χ2v) is 5.82. The minimum absolute atomic E-state index is 0.168. The van der Waals surface area contributed by atoms with Crippen LogP contribution in [0.1, 0.15) is 51.9 Å². The lowest BCUT2D eigenvalue weighted by Gasteiger charge is -2.33. The lowest BCUT2D eigenvalue weighted by molar-refractivity contribution is -0.120. The number of carbonyl (C=O) groups excluding carboxylic acids is 1. The summed E-state index contributed by atoms with van der Waals surface area (Å²) in [6.45, 7) is 3.83. The van der Waals surface area contributed by atoms with Crippen molar-refractivity contribution in [3.63, 3.8) is 0 Å². The molecule has 0 aromatic heterocycles. The lowest BCUT2D eigenvalue weighted by atomic mass is 9.76. The van der Waals surface area contributed by atoms with Gasteiger partial charge in [0.05, 0.1) is 6.54 Å². The lowest BCUT2D eigenvalue weighted by Crippen LogP contribution is -2.40. The topological polar surface area (TPSA) is 41.1 Å². The summed E-state index contributed by atoms with van der Waals surface area (Å²) < 4.78 is 0. The Bertz CT molecular complexity index is 242. The van der Waals surface area contributed by atoms with Gasteiger partial charge in [0.1, 0.15) is 0 Å². The van der Waals surface area contributed by atoms with E-state index >= 15 is 0 Å². The van der Waals surface area contributed by atoms with Crippen molar-refractivity contribution in [3.05, 3.63) is 0 Å². The highest BCUT2D eigenvalue weighted by Gasteiger charge is 2.27. The fourth-order valence-electron chi connectivity index (χ4n) is 2.57. The molecule has 2 aliphatic carbocycles. The van der Waals surface area contributed by atoms with Crippen LogP contribution in [0.15, 0.2) is 0 Å². The summed E-state index contributed by atoms with van der Waals surface area (Å²) in [5.41, 5.74) is 0.429. The number of amides is 1. The molecule has 0 aromatic rings. The van der Waals surface area contributed by atoms with E-state index < -0.39 is 0 Å². The van der Waals surface area contributed by atoms with E-state index in [1.54, 1.807) is 0 Å². The SMILES string of the molecule is CC1(CNCC(=O)NC2CC2)CCCCC1. The number of nitrogens with one attached hydrogen (secondary N) is 2. The zero-order valence-electron chi connectivity index (χ0n) is 10.3. The van der Waals surface area contributed by atoms with Crippen molar-refractivity contribution < 1.29 is 4.79 Å². The Morgan fingerprint density at radius 3 is 2.56 bits per heavy atom. The van der Waals surface area contributed by atoms with Crippen molar-refractivity contribution in [2.24, 2.45) is 5.41 Å². The highest BCUT2D eigenvalue weighted by molar-refractivity contribution is 5.78. The van der Waals surface area contributed by atoms with E-state index in [0.717, 1.165) is 6.54 Å². The molecule has 0 spiro atoms. The van der Waals surface area contributed by atoms with Gasteiger partial charge in [-0.1, -0.05) is 26.2 Å². The van der Waals surface area contributed by atoms with Crippen molar-refractivity contribution >= 4 is 5.91 Å². The van der Waals surface area contributed by atoms with Crippen LogP contribution < -0.4 is 10.6 Å². The Morgan fingerprint density at radius 2 is 1.94 bits per heavy atom. The molecule has 0 unspecified atom stereocenters. The quantitative estimate of drug-likeness (QED) is 0.748. The van der Waals surface area contributed by atoms with Crippen molar-refractivity contribution in [3.8, 4) is 0 Å². The van der Waals surface area contributed by atoms with E-state index in [1.807, 2.05) is 0 Å². The predicted octanol–water partition coefficient (Wildman–Crippen LogP) is 1.82. The first-order valence-electron chi connectivity index (χ1n) is 6.68. The highest BCUT2D eigenvalue weighted by Crippen LogP contribution is 2.34. The fraction of sp³-hybridized carbons (Fsp3) is 0.923. The standard InChI is InChI=1S/C13H24N2O/c1-13(7-3-2-4-8-13)10-14-9-12(16)15-11-5-6-11/h11,14H,2-10H2,1H3,(H,15,16). The minimum Gasteiger partial charge on any atom is -0.352 e. The molecular weight excluding hydrogens is 200 g/mol. The second-order valence-electron chi connectivity index (χ2n) is 5.82. The van der Waals surface area contributed by atoms with Gasteiger partial charge in [-0.25, -0.2) is 0 Å². The van der Waals surface area contributed by atoms with Gasteiger partial charge in [0.25, 0.3) is 0 Å². The molecular formula is C13H24N2O. The molecule has 0 aromatic carbocycles. The molecule has 2 fully saturated rings. The second kappa shape index (κ2) is 5.17. The molecule has 2 aliphatic rings. The summed E-state index contributed by atoms with van der Waals surface area (Å²) in [7, 11) is 0. The molecule has 2 rings (SSSR count). The van der Waals surface area contributed by atoms with Gasteiger partial charge in [-0.3, -0.25) is 4.79 Å². The maximum absolute atomic E-state index is 11.5. The summed E-state index contributed by atoms with van der Waals surface area (Å²) >= 11 is 0. The molecule has 16 heavy (non-hydrogen) atoms. The Hall–Kier alpha value is -0.570. The summed E-state index contributed by atoms with van der Waals surface area (Å²) in [6.07, 6.45) is 9.05. The summed E-state index contributed by atoms with van der Waals surface area (Å²) in [6, 6.07) is 0.486. The van der Waals surface area contributed by atoms with E-state index in [1.165, 1.54) is 44.9 Å². The Morgan fingerprint density at radius 1 is 1.25 bits per heavy atom. The van der Waals surface area contributed by atoms with Crippen LogP contribution in [0, 0.1) is 5.41 Å². The third-order valence-corrected chi connectivity index (χ3v) is 3.84. The van der Waals surface area contributed by atoms with E-state index in [2.05, 4.69) is 17.6 Å². The maximum Gasteiger partial charge on any atom is 0.234 e. The first-order chi connectivity index (χ1) is 7.68. The first kappa shape index (κ1) is 11.9. The number of rotatable bonds is 5. The zero-order valence-corrected chi connectivity index (χ0v) is 10.3. The third-order valence-electron chi connectivity index (χ3n) is 3.84. The van der Waals surface area contributed by atoms with Crippen LogP contribution in [0.25, 0.3) is 0 Å². The molecule has 2 saturated carbocycles. The van der Waals surface area contributed by atoms with Crippen molar-refractivity contribution in [1.29, 1.82) is 0 Å². The molecule has 0 atom stereocenters. The van der Waals surface area contributed by atoms with Crippen molar-refractivity contribution in [2.45, 2.75) is 57.9 Å².